The number of aromatic amines is 1. The molecule has 2 N–H and O–H groups in total. The van der Waals surface area contributed by atoms with Gasteiger partial charge in [-0.15, -0.1) is 0 Å². The lowest BCUT2D eigenvalue weighted by atomic mass is 10.1. The third-order valence-electron chi connectivity index (χ3n) is 3.41. The number of rotatable bonds is 3. The van der Waals surface area contributed by atoms with Crippen molar-refractivity contribution in [1.29, 1.82) is 0 Å². The van der Waals surface area contributed by atoms with Gasteiger partial charge in [0.2, 0.25) is 0 Å². The predicted octanol–water partition coefficient (Wildman–Crippen LogP) is 2.70. The molecular formula is C18H16N4O2. The summed E-state index contributed by atoms with van der Waals surface area (Å²) >= 11 is 0. The van der Waals surface area contributed by atoms with E-state index in [1.807, 2.05) is 19.1 Å². The summed E-state index contributed by atoms with van der Waals surface area (Å²) in [5, 5.41) is 2.80. The molecule has 0 unspecified atom stereocenters. The smallest absolute Gasteiger partial charge is 0.274 e. The molecule has 120 valence electrons. The summed E-state index contributed by atoms with van der Waals surface area (Å²) in [6, 6.07) is 12.1. The minimum absolute atomic E-state index is 0.212. The molecule has 0 bridgehead atoms. The highest BCUT2D eigenvalue weighted by Crippen LogP contribution is 2.19. The van der Waals surface area contributed by atoms with Gasteiger partial charge in [-0.2, -0.15) is 0 Å². The Balaban J connectivity index is 1.86. The van der Waals surface area contributed by atoms with Gasteiger partial charge < -0.3 is 10.3 Å². The summed E-state index contributed by atoms with van der Waals surface area (Å²) in [4.78, 5) is 34.9. The van der Waals surface area contributed by atoms with Gasteiger partial charge in [0, 0.05) is 29.2 Å². The Bertz CT molecular complexity index is 946. The summed E-state index contributed by atoms with van der Waals surface area (Å²) in [7, 11) is 0. The molecule has 0 aliphatic rings. The fourth-order valence-corrected chi connectivity index (χ4v) is 2.26. The quantitative estimate of drug-likeness (QED) is 0.776. The third kappa shape index (κ3) is 3.55. The maximum atomic E-state index is 12.2. The number of pyridine rings is 1. The maximum absolute atomic E-state index is 12.2. The Kier molecular flexibility index (Phi) is 4.20. The first kappa shape index (κ1) is 15.6. The molecule has 0 radical (unpaired) electrons. The molecule has 6 heteroatoms. The van der Waals surface area contributed by atoms with Crippen LogP contribution in [0, 0.1) is 13.8 Å². The summed E-state index contributed by atoms with van der Waals surface area (Å²) in [6.45, 7) is 3.67. The molecule has 3 aromatic rings. The number of aryl methyl sites for hydroxylation is 2. The van der Waals surface area contributed by atoms with Crippen LogP contribution in [0.25, 0.3) is 11.4 Å². The monoisotopic (exact) mass is 320 g/mol. The van der Waals surface area contributed by atoms with Crippen molar-refractivity contribution in [3.8, 4) is 11.4 Å². The van der Waals surface area contributed by atoms with Crippen molar-refractivity contribution in [3.63, 3.8) is 0 Å². The maximum Gasteiger partial charge on any atom is 0.274 e. The number of hydrogen-bond donors (Lipinski definition) is 2. The highest BCUT2D eigenvalue weighted by molar-refractivity contribution is 6.03. The van der Waals surface area contributed by atoms with E-state index in [1.54, 1.807) is 37.4 Å². The molecule has 2 heterocycles. The number of nitrogens with zero attached hydrogens (tertiary/aromatic N) is 2. The molecule has 0 fully saturated rings. The summed E-state index contributed by atoms with van der Waals surface area (Å²) in [6.07, 6.45) is 1.65. The highest BCUT2D eigenvalue weighted by atomic mass is 16.2. The van der Waals surface area contributed by atoms with Crippen LogP contribution in [0.2, 0.25) is 0 Å². The zero-order valence-electron chi connectivity index (χ0n) is 13.3. The van der Waals surface area contributed by atoms with E-state index in [0.29, 0.717) is 28.5 Å². The fraction of sp³-hybridized carbons (Fsp3) is 0.111. The van der Waals surface area contributed by atoms with Crippen molar-refractivity contribution in [2.75, 3.05) is 5.32 Å². The molecular weight excluding hydrogens is 304 g/mol. The van der Waals surface area contributed by atoms with Crippen LogP contribution in [0.1, 0.15) is 21.7 Å². The fourth-order valence-electron chi connectivity index (χ4n) is 2.26. The van der Waals surface area contributed by atoms with Gasteiger partial charge in [0.05, 0.1) is 0 Å². The molecule has 0 atom stereocenters. The average Bonchev–Trinajstić information content (AvgIpc) is 2.55. The number of benzene rings is 1. The lowest BCUT2D eigenvalue weighted by molar-refractivity contribution is 0.102. The number of carbonyl (C=O) groups is 1. The van der Waals surface area contributed by atoms with Gasteiger partial charge in [-0.25, -0.2) is 4.98 Å². The molecule has 6 nitrogen and oxygen atoms in total. The van der Waals surface area contributed by atoms with Gasteiger partial charge >= 0.3 is 0 Å². The largest absolute Gasteiger partial charge is 0.321 e. The van der Waals surface area contributed by atoms with Crippen LogP contribution < -0.4 is 10.9 Å². The van der Waals surface area contributed by atoms with E-state index in [0.717, 1.165) is 5.56 Å². The average molecular weight is 320 g/mol. The first-order valence-corrected chi connectivity index (χ1v) is 7.44. The highest BCUT2D eigenvalue weighted by Gasteiger charge is 2.09. The van der Waals surface area contributed by atoms with E-state index in [-0.39, 0.29) is 11.5 Å². The van der Waals surface area contributed by atoms with E-state index in [9.17, 15) is 9.59 Å². The zero-order chi connectivity index (χ0) is 17.1. The van der Waals surface area contributed by atoms with Crippen LogP contribution in [-0.2, 0) is 0 Å². The Labute approximate surface area is 138 Å². The minimum atomic E-state index is -0.294. The zero-order valence-corrected chi connectivity index (χ0v) is 13.3. The van der Waals surface area contributed by atoms with E-state index in [2.05, 4.69) is 20.3 Å². The van der Waals surface area contributed by atoms with E-state index in [4.69, 9.17) is 0 Å². The third-order valence-corrected chi connectivity index (χ3v) is 3.41. The number of hydrogen-bond acceptors (Lipinski definition) is 4. The first-order valence-electron chi connectivity index (χ1n) is 7.44. The van der Waals surface area contributed by atoms with Crippen LogP contribution >= 0.6 is 0 Å². The van der Waals surface area contributed by atoms with Gasteiger partial charge in [0.1, 0.15) is 11.5 Å². The second-order valence-corrected chi connectivity index (χ2v) is 5.49. The van der Waals surface area contributed by atoms with Crippen molar-refractivity contribution < 1.29 is 4.79 Å². The van der Waals surface area contributed by atoms with Crippen LogP contribution in [0.15, 0.2) is 53.5 Å². The number of carbonyl (C=O) groups excluding carboxylic acids is 1. The van der Waals surface area contributed by atoms with Crippen LogP contribution in [-0.4, -0.2) is 20.9 Å². The van der Waals surface area contributed by atoms with Crippen molar-refractivity contribution in [2.45, 2.75) is 13.8 Å². The Hall–Kier alpha value is -3.28. The summed E-state index contributed by atoms with van der Waals surface area (Å²) in [5.41, 5.74) is 3.06. The second-order valence-electron chi connectivity index (χ2n) is 5.49. The summed E-state index contributed by atoms with van der Waals surface area (Å²) < 4.78 is 0. The lowest BCUT2D eigenvalue weighted by Crippen LogP contribution is -2.13. The molecule has 0 aliphatic heterocycles. The number of H-pyrrole nitrogens is 1. The molecule has 0 aliphatic carbocycles. The summed E-state index contributed by atoms with van der Waals surface area (Å²) in [5.74, 6) is 0.169. The van der Waals surface area contributed by atoms with Crippen LogP contribution in [0.3, 0.4) is 0 Å². The van der Waals surface area contributed by atoms with Gasteiger partial charge in [-0.05, 0) is 37.6 Å². The van der Waals surface area contributed by atoms with E-state index < -0.39 is 0 Å². The van der Waals surface area contributed by atoms with E-state index in [1.165, 1.54) is 6.07 Å². The minimum Gasteiger partial charge on any atom is -0.321 e. The SMILES string of the molecule is Cc1ccc(C(=O)Nc2cccc(-c3nc(C)cc(=O)[nH]3)c2)nc1. The van der Waals surface area contributed by atoms with Crippen LogP contribution in [0.4, 0.5) is 5.69 Å². The normalized spacial score (nSPS) is 10.4. The Morgan fingerprint density at radius 3 is 2.67 bits per heavy atom. The van der Waals surface area contributed by atoms with Gasteiger partial charge in [-0.3, -0.25) is 14.6 Å². The van der Waals surface area contributed by atoms with Crippen molar-refractivity contribution in [1.82, 2.24) is 15.0 Å². The van der Waals surface area contributed by atoms with Crippen molar-refractivity contribution in [2.24, 2.45) is 0 Å². The Morgan fingerprint density at radius 1 is 1.12 bits per heavy atom. The number of anilines is 1. The molecule has 2 aromatic heterocycles. The number of amides is 1. The second kappa shape index (κ2) is 6.45. The van der Waals surface area contributed by atoms with Gasteiger partial charge in [-0.1, -0.05) is 18.2 Å². The number of aromatic nitrogens is 3. The Morgan fingerprint density at radius 2 is 1.96 bits per heavy atom. The van der Waals surface area contributed by atoms with Gasteiger partial charge in [0.25, 0.3) is 11.5 Å². The molecule has 3 rings (SSSR count). The van der Waals surface area contributed by atoms with Gasteiger partial charge in [0.15, 0.2) is 0 Å². The molecule has 0 saturated carbocycles. The van der Waals surface area contributed by atoms with E-state index >= 15 is 0 Å². The molecule has 0 saturated heterocycles. The molecule has 1 amide bonds. The van der Waals surface area contributed by atoms with Crippen LogP contribution in [0.5, 0.6) is 0 Å². The standard InChI is InChI=1S/C18H16N4O2/c1-11-6-7-15(19-10-11)18(24)21-14-5-3-4-13(9-14)17-20-12(2)8-16(23)22-17/h3-10H,1-2H3,(H,21,24)(H,20,22,23). The lowest BCUT2D eigenvalue weighted by Gasteiger charge is -2.07. The number of nitrogens with one attached hydrogen (secondary N) is 2. The topological polar surface area (TPSA) is 87.7 Å². The molecule has 24 heavy (non-hydrogen) atoms. The first-order chi connectivity index (χ1) is 11.5. The molecule has 1 aromatic carbocycles. The van der Waals surface area contributed by atoms with Crippen molar-refractivity contribution >= 4 is 11.6 Å². The van der Waals surface area contributed by atoms with Crippen molar-refractivity contribution in [3.05, 3.63) is 76.0 Å². The predicted molar refractivity (Wildman–Crippen MR) is 92.0 cm³/mol. The molecule has 0 spiro atoms.